The Morgan fingerprint density at radius 1 is 1.03 bits per heavy atom. The molecule has 1 aliphatic rings. The number of thiocarbonyl (C=S) groups is 1. The fourth-order valence-corrected chi connectivity index (χ4v) is 3.16. The Balaban J connectivity index is 1.73. The van der Waals surface area contributed by atoms with Gasteiger partial charge in [-0.3, -0.25) is 25.0 Å². The zero-order chi connectivity index (χ0) is 23.3. The number of aryl methyl sites for hydroxylation is 2. The Morgan fingerprint density at radius 3 is 2.44 bits per heavy atom. The van der Waals surface area contributed by atoms with E-state index < -0.39 is 11.8 Å². The van der Waals surface area contributed by atoms with Gasteiger partial charge in [0.05, 0.1) is 6.61 Å². The molecule has 1 heterocycles. The monoisotopic (exact) mass is 453 g/mol. The normalized spacial score (nSPS) is 13.2. The molecule has 2 aromatic rings. The standard InChI is InChI=1S/C23H23N3O5S/c1-4-30-19-11-15(10-16-21(28)25-23(32)26-22(16)29)7-8-18(19)31-12-20(27)24-17-9-13(2)5-6-14(17)3/h5-11H,4,12H2,1-3H3,(H,24,27)(H2,25,26,28,29,32). The summed E-state index contributed by atoms with van der Waals surface area (Å²) in [4.78, 5) is 36.4. The number of amides is 3. The van der Waals surface area contributed by atoms with Gasteiger partial charge >= 0.3 is 0 Å². The van der Waals surface area contributed by atoms with Gasteiger partial charge in [-0.2, -0.15) is 0 Å². The molecule has 0 radical (unpaired) electrons. The lowest BCUT2D eigenvalue weighted by Gasteiger charge is -2.17. The fourth-order valence-electron chi connectivity index (χ4n) is 2.98. The number of benzene rings is 2. The third kappa shape index (κ3) is 5.70. The quantitative estimate of drug-likeness (QED) is 0.338. The summed E-state index contributed by atoms with van der Waals surface area (Å²) in [7, 11) is 0. The molecule has 0 unspecified atom stereocenters. The van der Waals surface area contributed by atoms with Gasteiger partial charge in [0.25, 0.3) is 17.7 Å². The van der Waals surface area contributed by atoms with Gasteiger partial charge < -0.3 is 14.8 Å². The van der Waals surface area contributed by atoms with Crippen LogP contribution >= 0.6 is 12.2 Å². The van der Waals surface area contributed by atoms with Gasteiger partial charge in [-0.05, 0) is 74.0 Å². The minimum absolute atomic E-state index is 0.0324. The van der Waals surface area contributed by atoms with E-state index in [1.165, 1.54) is 6.08 Å². The zero-order valence-corrected chi connectivity index (χ0v) is 18.7. The lowest BCUT2D eigenvalue weighted by Crippen LogP contribution is -2.51. The van der Waals surface area contributed by atoms with Crippen LogP contribution in [0.1, 0.15) is 23.6 Å². The Hall–Kier alpha value is -3.72. The van der Waals surface area contributed by atoms with Crippen LogP contribution in [-0.2, 0) is 14.4 Å². The Kier molecular flexibility index (Phi) is 7.21. The predicted octanol–water partition coefficient (Wildman–Crippen LogP) is 2.63. The molecule has 32 heavy (non-hydrogen) atoms. The number of rotatable bonds is 7. The summed E-state index contributed by atoms with van der Waals surface area (Å²) < 4.78 is 11.3. The highest BCUT2D eigenvalue weighted by atomic mass is 32.1. The molecule has 2 aromatic carbocycles. The fraction of sp³-hybridized carbons (Fsp3) is 0.217. The van der Waals surface area contributed by atoms with Crippen molar-refractivity contribution in [3.05, 3.63) is 58.7 Å². The van der Waals surface area contributed by atoms with Crippen molar-refractivity contribution < 1.29 is 23.9 Å². The third-order valence-electron chi connectivity index (χ3n) is 4.55. The van der Waals surface area contributed by atoms with E-state index in [1.807, 2.05) is 39.0 Å². The summed E-state index contributed by atoms with van der Waals surface area (Å²) in [6, 6.07) is 10.7. The van der Waals surface area contributed by atoms with Gasteiger partial charge in [0.1, 0.15) is 5.57 Å². The predicted molar refractivity (Wildman–Crippen MR) is 125 cm³/mol. The molecule has 0 aliphatic carbocycles. The van der Waals surface area contributed by atoms with Crippen LogP contribution in [0.3, 0.4) is 0 Å². The van der Waals surface area contributed by atoms with Crippen molar-refractivity contribution in [1.29, 1.82) is 0 Å². The number of carbonyl (C=O) groups is 3. The summed E-state index contributed by atoms with van der Waals surface area (Å²) >= 11 is 4.79. The summed E-state index contributed by atoms with van der Waals surface area (Å²) in [6.45, 7) is 5.82. The highest BCUT2D eigenvalue weighted by Gasteiger charge is 2.25. The second-order valence-electron chi connectivity index (χ2n) is 7.09. The summed E-state index contributed by atoms with van der Waals surface area (Å²) in [5.74, 6) is -0.725. The first-order valence-electron chi connectivity index (χ1n) is 9.92. The number of carbonyl (C=O) groups excluding carboxylic acids is 3. The topological polar surface area (TPSA) is 106 Å². The van der Waals surface area contributed by atoms with Crippen LogP contribution in [0.25, 0.3) is 6.08 Å². The van der Waals surface area contributed by atoms with Crippen LogP contribution in [-0.4, -0.2) is 36.0 Å². The Morgan fingerprint density at radius 2 is 1.75 bits per heavy atom. The van der Waals surface area contributed by atoms with E-state index in [4.69, 9.17) is 21.7 Å². The van der Waals surface area contributed by atoms with Crippen LogP contribution < -0.4 is 25.4 Å². The molecule has 8 nitrogen and oxygen atoms in total. The lowest BCUT2D eigenvalue weighted by atomic mass is 10.1. The summed E-state index contributed by atoms with van der Waals surface area (Å²) in [6.07, 6.45) is 1.42. The molecule has 0 spiro atoms. The average Bonchev–Trinajstić information content (AvgIpc) is 2.73. The molecule has 0 saturated carbocycles. The SMILES string of the molecule is CCOc1cc(C=C2C(=O)NC(=S)NC2=O)ccc1OCC(=O)Nc1cc(C)ccc1C. The van der Waals surface area contributed by atoms with Crippen molar-refractivity contribution in [3.63, 3.8) is 0 Å². The van der Waals surface area contributed by atoms with E-state index in [2.05, 4.69) is 16.0 Å². The molecule has 1 fully saturated rings. The van der Waals surface area contributed by atoms with E-state index in [0.717, 1.165) is 16.8 Å². The molecule has 1 saturated heterocycles. The highest BCUT2D eigenvalue weighted by Crippen LogP contribution is 2.29. The van der Waals surface area contributed by atoms with Gasteiger partial charge in [0.15, 0.2) is 23.2 Å². The molecule has 3 amide bonds. The van der Waals surface area contributed by atoms with Crippen molar-refractivity contribution in [2.75, 3.05) is 18.5 Å². The molecule has 3 rings (SSSR count). The van der Waals surface area contributed by atoms with Crippen molar-refractivity contribution in [2.45, 2.75) is 20.8 Å². The van der Waals surface area contributed by atoms with Gasteiger partial charge in [0.2, 0.25) is 0 Å². The number of ether oxygens (including phenoxy) is 2. The van der Waals surface area contributed by atoms with Crippen molar-refractivity contribution in [1.82, 2.24) is 10.6 Å². The molecule has 1 aliphatic heterocycles. The molecular formula is C23H23N3O5S. The number of hydrogen-bond acceptors (Lipinski definition) is 6. The van der Waals surface area contributed by atoms with E-state index in [9.17, 15) is 14.4 Å². The molecule has 0 aromatic heterocycles. The van der Waals surface area contributed by atoms with Crippen LogP contribution in [0.2, 0.25) is 0 Å². The largest absolute Gasteiger partial charge is 0.490 e. The molecule has 166 valence electrons. The molecule has 9 heteroatoms. The molecule has 3 N–H and O–H groups in total. The van der Waals surface area contributed by atoms with Crippen molar-refractivity contribution >= 4 is 46.8 Å². The third-order valence-corrected chi connectivity index (χ3v) is 4.75. The summed E-state index contributed by atoms with van der Waals surface area (Å²) in [5.41, 5.74) is 3.19. The van der Waals surface area contributed by atoms with Crippen LogP contribution in [0, 0.1) is 13.8 Å². The molecule has 0 atom stereocenters. The maximum Gasteiger partial charge on any atom is 0.263 e. The number of hydrogen-bond donors (Lipinski definition) is 3. The van der Waals surface area contributed by atoms with E-state index >= 15 is 0 Å². The Labute approximate surface area is 191 Å². The van der Waals surface area contributed by atoms with E-state index in [1.54, 1.807) is 18.2 Å². The average molecular weight is 454 g/mol. The molecular weight excluding hydrogens is 430 g/mol. The van der Waals surface area contributed by atoms with Crippen molar-refractivity contribution in [3.8, 4) is 11.5 Å². The smallest absolute Gasteiger partial charge is 0.263 e. The second kappa shape index (κ2) is 10.1. The van der Waals surface area contributed by atoms with E-state index in [0.29, 0.717) is 23.7 Å². The van der Waals surface area contributed by atoms with Crippen LogP contribution in [0.15, 0.2) is 42.0 Å². The highest BCUT2D eigenvalue weighted by molar-refractivity contribution is 7.80. The lowest BCUT2D eigenvalue weighted by molar-refractivity contribution is -0.123. The van der Waals surface area contributed by atoms with Gasteiger partial charge in [-0.1, -0.05) is 18.2 Å². The molecule has 0 bridgehead atoms. The first kappa shape index (κ1) is 23.0. The maximum absolute atomic E-state index is 12.4. The first-order chi connectivity index (χ1) is 15.3. The van der Waals surface area contributed by atoms with Crippen molar-refractivity contribution in [2.24, 2.45) is 0 Å². The minimum atomic E-state index is -0.583. The van der Waals surface area contributed by atoms with Gasteiger partial charge in [0, 0.05) is 5.69 Å². The Bertz CT molecular complexity index is 1100. The number of nitrogens with one attached hydrogen (secondary N) is 3. The minimum Gasteiger partial charge on any atom is -0.490 e. The van der Waals surface area contributed by atoms with E-state index in [-0.39, 0.29) is 23.2 Å². The van der Waals surface area contributed by atoms with Crippen LogP contribution in [0.5, 0.6) is 11.5 Å². The second-order valence-corrected chi connectivity index (χ2v) is 7.50. The summed E-state index contributed by atoms with van der Waals surface area (Å²) in [5, 5.41) is 7.57. The first-order valence-corrected chi connectivity index (χ1v) is 10.3. The van der Waals surface area contributed by atoms with Gasteiger partial charge in [-0.15, -0.1) is 0 Å². The maximum atomic E-state index is 12.4. The number of anilines is 1. The zero-order valence-electron chi connectivity index (χ0n) is 17.9. The van der Waals surface area contributed by atoms with Gasteiger partial charge in [-0.25, -0.2) is 0 Å². The van der Waals surface area contributed by atoms with Crippen LogP contribution in [0.4, 0.5) is 5.69 Å².